The summed E-state index contributed by atoms with van der Waals surface area (Å²) in [5.74, 6) is -0.662. The number of hydrogen-bond donors (Lipinski definition) is 6. The van der Waals surface area contributed by atoms with Crippen LogP contribution in [0.25, 0.3) is 0 Å². The van der Waals surface area contributed by atoms with E-state index in [9.17, 15) is 34.4 Å². The third-order valence-electron chi connectivity index (χ3n) is 4.69. The van der Waals surface area contributed by atoms with Crippen LogP contribution < -0.4 is 10.6 Å². The van der Waals surface area contributed by atoms with Gasteiger partial charge in [0.05, 0.1) is 24.5 Å². The van der Waals surface area contributed by atoms with Gasteiger partial charge in [-0.1, -0.05) is 33.2 Å². The van der Waals surface area contributed by atoms with Crippen molar-refractivity contribution in [2.24, 2.45) is 10.3 Å². The highest BCUT2D eigenvalue weighted by molar-refractivity contribution is 9.10. The lowest BCUT2D eigenvalue weighted by molar-refractivity contribution is -0.115. The Kier molecular flexibility index (Phi) is 12.9. The number of phenolic OH excluding ortho intramolecular Hbond substituents is 2. The molecule has 0 saturated carbocycles. The summed E-state index contributed by atoms with van der Waals surface area (Å²) in [6.07, 6.45) is 0.0744. The predicted octanol–water partition coefficient (Wildman–Crippen LogP) is 2.70. The van der Waals surface area contributed by atoms with E-state index in [1.54, 1.807) is 24.3 Å². The molecule has 2 rings (SSSR count). The second kappa shape index (κ2) is 15.6. The Morgan fingerprint density at radius 1 is 0.838 bits per heavy atom. The van der Waals surface area contributed by atoms with E-state index in [1.807, 2.05) is 0 Å². The minimum Gasteiger partial charge on any atom is -0.507 e. The first-order valence-electron chi connectivity index (χ1n) is 10.6. The highest BCUT2D eigenvalue weighted by Gasteiger charge is 2.16. The van der Waals surface area contributed by atoms with Gasteiger partial charge < -0.3 is 31.3 Å². The summed E-state index contributed by atoms with van der Waals surface area (Å²) >= 11 is 6.36. The molecule has 37 heavy (non-hydrogen) atoms. The number of rotatable bonds is 13. The molecule has 0 spiro atoms. The number of benzene rings is 2. The average Bonchev–Trinajstić information content (AvgIpc) is 2.87. The van der Waals surface area contributed by atoms with Crippen LogP contribution in [0.1, 0.15) is 11.1 Å². The van der Waals surface area contributed by atoms with Crippen molar-refractivity contribution >= 4 is 75.7 Å². The fraction of sp³-hybridized carbons (Fsp3) is 0.273. The number of nitrogens with zero attached hydrogens (tertiary/aromatic N) is 2. The molecule has 2 amide bonds. The molecule has 15 heteroatoms. The maximum Gasteiger partial charge on any atom is 0.269 e. The SMILES string of the molecule is O=C(NCCS[S@](=O)CCNC(=O)/C(Cc1ccc(O)c(Br)c1)=N/O)/C(Cc1ccc(O)c(Br)c1)=N/O. The van der Waals surface area contributed by atoms with E-state index < -0.39 is 21.6 Å². The molecule has 0 radical (unpaired) electrons. The van der Waals surface area contributed by atoms with Gasteiger partial charge >= 0.3 is 0 Å². The summed E-state index contributed by atoms with van der Waals surface area (Å²) in [7, 11) is -0.275. The summed E-state index contributed by atoms with van der Waals surface area (Å²) < 4.78 is 13.1. The number of oxime groups is 2. The third-order valence-corrected chi connectivity index (χ3v) is 8.92. The molecule has 11 nitrogen and oxygen atoms in total. The molecule has 2 aromatic rings. The zero-order chi connectivity index (χ0) is 27.4. The maximum atomic E-state index is 12.2. The van der Waals surface area contributed by atoms with E-state index in [0.717, 1.165) is 10.8 Å². The van der Waals surface area contributed by atoms with Crippen LogP contribution in [0, 0.1) is 0 Å². The van der Waals surface area contributed by atoms with Crippen LogP contribution in [-0.4, -0.2) is 72.7 Å². The van der Waals surface area contributed by atoms with Crippen molar-refractivity contribution < 1.29 is 34.4 Å². The van der Waals surface area contributed by atoms with E-state index >= 15 is 0 Å². The van der Waals surface area contributed by atoms with Crippen LogP contribution in [0.2, 0.25) is 0 Å². The van der Waals surface area contributed by atoms with Crippen LogP contribution in [0.5, 0.6) is 11.5 Å². The molecule has 0 aliphatic rings. The van der Waals surface area contributed by atoms with Gasteiger partial charge in [-0.2, -0.15) is 0 Å². The fourth-order valence-electron chi connectivity index (χ4n) is 2.84. The minimum absolute atomic E-state index is 0.0297. The molecule has 0 saturated heterocycles. The van der Waals surface area contributed by atoms with Gasteiger partial charge in [-0.3, -0.25) is 9.59 Å². The molecule has 1 atom stereocenters. The molecular weight excluding hydrogens is 656 g/mol. The lowest BCUT2D eigenvalue weighted by Gasteiger charge is -2.09. The summed E-state index contributed by atoms with van der Waals surface area (Å²) in [4.78, 5) is 24.5. The van der Waals surface area contributed by atoms with Gasteiger partial charge in [-0.15, -0.1) is 0 Å². The first kappa shape index (κ1) is 30.6. The van der Waals surface area contributed by atoms with Gasteiger partial charge in [-0.25, -0.2) is 4.21 Å². The lowest BCUT2D eigenvalue weighted by atomic mass is 10.1. The van der Waals surface area contributed by atoms with Crippen LogP contribution in [0.4, 0.5) is 0 Å². The summed E-state index contributed by atoms with van der Waals surface area (Å²) in [6, 6.07) is 9.28. The molecule has 0 unspecified atom stereocenters. The Balaban J connectivity index is 1.68. The molecule has 6 N–H and O–H groups in total. The maximum absolute atomic E-state index is 12.2. The van der Waals surface area contributed by atoms with Gasteiger partial charge in [0.2, 0.25) is 0 Å². The zero-order valence-corrected chi connectivity index (χ0v) is 24.0. The number of carbonyl (C=O) groups excluding carboxylic acids is 2. The van der Waals surface area contributed by atoms with E-state index in [2.05, 4.69) is 52.8 Å². The number of aromatic hydroxyl groups is 2. The van der Waals surface area contributed by atoms with Gasteiger partial charge in [0.1, 0.15) is 22.9 Å². The van der Waals surface area contributed by atoms with E-state index in [-0.39, 0.29) is 54.6 Å². The average molecular weight is 680 g/mol. The number of hydrogen-bond acceptors (Lipinski definition) is 10. The van der Waals surface area contributed by atoms with Crippen LogP contribution in [-0.2, 0) is 32.3 Å². The lowest BCUT2D eigenvalue weighted by Crippen LogP contribution is -2.35. The van der Waals surface area contributed by atoms with Crippen molar-refractivity contribution in [3.63, 3.8) is 0 Å². The molecule has 200 valence electrons. The highest BCUT2D eigenvalue weighted by atomic mass is 79.9. The third kappa shape index (κ3) is 10.3. The van der Waals surface area contributed by atoms with Crippen molar-refractivity contribution in [2.45, 2.75) is 12.8 Å². The highest BCUT2D eigenvalue weighted by Crippen LogP contribution is 2.25. The van der Waals surface area contributed by atoms with Crippen molar-refractivity contribution in [3.05, 3.63) is 56.5 Å². The van der Waals surface area contributed by atoms with Crippen molar-refractivity contribution in [3.8, 4) is 11.5 Å². The molecule has 0 aliphatic carbocycles. The van der Waals surface area contributed by atoms with Crippen LogP contribution in [0.3, 0.4) is 0 Å². The van der Waals surface area contributed by atoms with Crippen molar-refractivity contribution in [1.29, 1.82) is 0 Å². The monoisotopic (exact) mass is 678 g/mol. The number of halogens is 2. The second-order valence-electron chi connectivity index (χ2n) is 7.36. The first-order chi connectivity index (χ1) is 17.6. The van der Waals surface area contributed by atoms with Gasteiger partial charge in [-0.05, 0) is 67.3 Å². The first-order valence-corrected chi connectivity index (χ1v) is 15.0. The van der Waals surface area contributed by atoms with Gasteiger partial charge in [0.25, 0.3) is 11.8 Å². The number of phenols is 2. The largest absolute Gasteiger partial charge is 0.507 e. The predicted molar refractivity (Wildman–Crippen MR) is 149 cm³/mol. The standard InChI is InChI=1S/C22H24Br2N4O7S2/c23-15-9-13(1-3-19(15)29)11-17(27-33)21(31)25-5-7-36-37(35)8-6-26-22(32)18(28-34)12-14-2-4-20(30)16(24)10-14/h1-4,9-10,29-30,33-34H,5-8,11-12H2,(H,25,31)(H,26,32)/b27-17+,28-18+/t37-/m0/s1. The minimum atomic E-state index is -1.35. The summed E-state index contributed by atoms with van der Waals surface area (Å²) in [5.41, 5.74) is 1.03. The van der Waals surface area contributed by atoms with Crippen LogP contribution in [0.15, 0.2) is 55.7 Å². The molecule has 0 heterocycles. The molecule has 0 fully saturated rings. The molecule has 2 aromatic carbocycles. The van der Waals surface area contributed by atoms with E-state index in [0.29, 0.717) is 25.8 Å². The quantitative estimate of drug-likeness (QED) is 0.0614. The Morgan fingerprint density at radius 2 is 1.30 bits per heavy atom. The topological polar surface area (TPSA) is 181 Å². The normalized spacial score (nSPS) is 12.7. The van der Waals surface area contributed by atoms with Crippen molar-refractivity contribution in [1.82, 2.24) is 10.6 Å². The molecule has 0 aromatic heterocycles. The zero-order valence-electron chi connectivity index (χ0n) is 19.2. The van der Waals surface area contributed by atoms with E-state index in [4.69, 9.17) is 0 Å². The van der Waals surface area contributed by atoms with Crippen LogP contribution >= 0.6 is 42.7 Å². The smallest absolute Gasteiger partial charge is 0.269 e. The number of carbonyl (C=O) groups is 2. The summed E-state index contributed by atoms with van der Waals surface area (Å²) in [6.45, 7) is 0.246. The molecule has 0 bridgehead atoms. The number of amides is 2. The van der Waals surface area contributed by atoms with Gasteiger partial charge in [0, 0.05) is 31.7 Å². The number of nitrogens with one attached hydrogen (secondary N) is 2. The van der Waals surface area contributed by atoms with Crippen molar-refractivity contribution in [2.75, 3.05) is 24.6 Å². The Morgan fingerprint density at radius 3 is 1.73 bits per heavy atom. The Bertz CT molecular complexity index is 1210. The molecule has 0 aliphatic heterocycles. The van der Waals surface area contributed by atoms with E-state index in [1.165, 1.54) is 12.1 Å². The fourth-order valence-corrected chi connectivity index (χ4v) is 5.86. The van der Waals surface area contributed by atoms with Gasteiger partial charge in [0.15, 0.2) is 0 Å². The Labute approximate surface area is 235 Å². The second-order valence-corrected chi connectivity index (χ2v) is 12.6. The summed E-state index contributed by atoms with van der Waals surface area (Å²) in [5, 5.41) is 48.6. The Hall–Kier alpha value is -2.62. The molecular formula is C22H24Br2N4O7S2.